The Morgan fingerprint density at radius 1 is 1.03 bits per heavy atom. The molecule has 2 unspecified atom stereocenters. The number of hydrogen-bond acceptors (Lipinski definition) is 7. The summed E-state index contributed by atoms with van der Waals surface area (Å²) in [6.07, 6.45) is -0.572. The Labute approximate surface area is 171 Å². The smallest absolute Gasteiger partial charge is 0.322 e. The lowest BCUT2D eigenvalue weighted by Crippen LogP contribution is -2.40. The number of hydrogen-bond donors (Lipinski definition) is 1. The summed E-state index contributed by atoms with van der Waals surface area (Å²) in [5.74, 6) is 0.700. The van der Waals surface area contributed by atoms with E-state index in [4.69, 9.17) is 13.9 Å². The Morgan fingerprint density at radius 2 is 1.80 bits per heavy atom. The van der Waals surface area contributed by atoms with Gasteiger partial charge in [-0.1, -0.05) is 35.4 Å². The molecule has 1 aromatic heterocycles. The van der Waals surface area contributed by atoms with E-state index in [0.29, 0.717) is 23.9 Å². The Bertz CT molecular complexity index is 1080. The fourth-order valence-corrected chi connectivity index (χ4v) is 3.52. The minimum Gasteiger partial charge on any atom is -0.485 e. The zero-order chi connectivity index (χ0) is 20.5. The Kier molecular flexibility index (Phi) is 4.55. The summed E-state index contributed by atoms with van der Waals surface area (Å²) in [6, 6.07) is 16.5. The summed E-state index contributed by atoms with van der Waals surface area (Å²) < 4.78 is 16.8. The third-order valence-corrected chi connectivity index (χ3v) is 5.01. The van der Waals surface area contributed by atoms with Crippen LogP contribution < -0.4 is 19.7 Å². The fraction of sp³-hybridized carbons (Fsp3) is 0.238. The number of ether oxygens (including phenoxy) is 2. The molecule has 2 aromatic carbocycles. The SMILES string of the molecule is O=C(Nc1nnc(C2CC(=O)N(c3ccccc3)C2)o1)C1COc2ccccc2O1. The number of aromatic nitrogens is 2. The number of nitrogens with one attached hydrogen (secondary N) is 1. The predicted molar refractivity (Wildman–Crippen MR) is 105 cm³/mol. The van der Waals surface area contributed by atoms with E-state index in [9.17, 15) is 9.59 Å². The maximum atomic E-state index is 12.5. The molecule has 152 valence electrons. The van der Waals surface area contributed by atoms with Gasteiger partial charge in [-0.15, -0.1) is 5.10 Å². The van der Waals surface area contributed by atoms with Gasteiger partial charge in [0.05, 0.1) is 5.92 Å². The van der Waals surface area contributed by atoms with E-state index in [1.807, 2.05) is 36.4 Å². The number of amides is 2. The zero-order valence-corrected chi connectivity index (χ0v) is 15.9. The van der Waals surface area contributed by atoms with Gasteiger partial charge in [0.15, 0.2) is 11.5 Å². The van der Waals surface area contributed by atoms with Gasteiger partial charge in [0.1, 0.15) is 6.61 Å². The van der Waals surface area contributed by atoms with Crippen molar-refractivity contribution in [1.29, 1.82) is 0 Å². The van der Waals surface area contributed by atoms with E-state index in [-0.39, 0.29) is 30.9 Å². The first-order chi connectivity index (χ1) is 14.7. The number of benzene rings is 2. The van der Waals surface area contributed by atoms with Gasteiger partial charge >= 0.3 is 6.01 Å². The fourth-order valence-electron chi connectivity index (χ4n) is 3.52. The molecule has 9 heteroatoms. The standard InChI is InChI=1S/C21H18N4O5/c26-18-10-13(11-25(18)14-6-2-1-3-7-14)20-23-24-21(30-20)22-19(27)17-12-28-15-8-4-5-9-16(15)29-17/h1-9,13,17H,10-12H2,(H,22,24,27). The average molecular weight is 406 g/mol. The molecule has 5 rings (SSSR count). The summed E-state index contributed by atoms with van der Waals surface area (Å²) >= 11 is 0. The Hall–Kier alpha value is -3.88. The van der Waals surface area contributed by atoms with Crippen LogP contribution in [-0.2, 0) is 9.59 Å². The maximum Gasteiger partial charge on any atom is 0.322 e. The van der Waals surface area contributed by atoms with Gasteiger partial charge in [-0.2, -0.15) is 0 Å². The minimum atomic E-state index is -0.836. The average Bonchev–Trinajstić information content (AvgIpc) is 3.40. The van der Waals surface area contributed by atoms with Crippen molar-refractivity contribution in [2.45, 2.75) is 18.4 Å². The summed E-state index contributed by atoms with van der Waals surface area (Å²) in [4.78, 5) is 26.6. The van der Waals surface area contributed by atoms with Crippen molar-refractivity contribution in [2.24, 2.45) is 0 Å². The summed E-state index contributed by atoms with van der Waals surface area (Å²) in [5, 5.41) is 10.5. The van der Waals surface area contributed by atoms with Gasteiger partial charge < -0.3 is 18.8 Å². The van der Waals surface area contributed by atoms with E-state index in [1.165, 1.54) is 0 Å². The van der Waals surface area contributed by atoms with Gasteiger partial charge in [-0.25, -0.2) is 0 Å². The minimum absolute atomic E-state index is 0.0126. The van der Waals surface area contributed by atoms with E-state index in [0.717, 1.165) is 5.69 Å². The first kappa shape index (κ1) is 18.2. The van der Waals surface area contributed by atoms with Crippen LogP contribution in [0.5, 0.6) is 11.5 Å². The molecule has 30 heavy (non-hydrogen) atoms. The van der Waals surface area contributed by atoms with E-state index in [1.54, 1.807) is 23.1 Å². The lowest BCUT2D eigenvalue weighted by molar-refractivity contribution is -0.125. The molecule has 0 spiro atoms. The van der Waals surface area contributed by atoms with Crippen LogP contribution in [0.4, 0.5) is 11.7 Å². The Balaban J connectivity index is 1.23. The second-order valence-electron chi connectivity index (χ2n) is 7.04. The monoisotopic (exact) mass is 406 g/mol. The van der Waals surface area contributed by atoms with Crippen molar-refractivity contribution in [3.63, 3.8) is 0 Å². The zero-order valence-electron chi connectivity index (χ0n) is 15.9. The van der Waals surface area contributed by atoms with Crippen LogP contribution in [0.2, 0.25) is 0 Å². The second kappa shape index (κ2) is 7.51. The molecule has 3 aromatic rings. The molecular formula is C21H18N4O5. The molecule has 0 aliphatic carbocycles. The van der Waals surface area contributed by atoms with Crippen molar-refractivity contribution in [3.8, 4) is 11.5 Å². The number of nitrogens with zero attached hydrogens (tertiary/aromatic N) is 3. The van der Waals surface area contributed by atoms with E-state index in [2.05, 4.69) is 15.5 Å². The largest absolute Gasteiger partial charge is 0.485 e. The van der Waals surface area contributed by atoms with Crippen LogP contribution in [0.1, 0.15) is 18.2 Å². The van der Waals surface area contributed by atoms with Gasteiger partial charge in [0.2, 0.25) is 17.9 Å². The predicted octanol–water partition coefficient (Wildman–Crippen LogP) is 2.37. The third kappa shape index (κ3) is 3.45. The highest BCUT2D eigenvalue weighted by molar-refractivity contribution is 5.96. The number of carbonyl (C=O) groups excluding carboxylic acids is 2. The topological polar surface area (TPSA) is 107 Å². The van der Waals surface area contributed by atoms with Gasteiger partial charge in [-0.05, 0) is 24.3 Å². The number of para-hydroxylation sites is 3. The van der Waals surface area contributed by atoms with E-state index < -0.39 is 12.0 Å². The first-order valence-corrected chi connectivity index (χ1v) is 9.55. The molecule has 3 heterocycles. The molecule has 1 N–H and O–H groups in total. The van der Waals surface area contributed by atoms with Crippen LogP contribution >= 0.6 is 0 Å². The summed E-state index contributed by atoms with van der Waals surface area (Å²) in [6.45, 7) is 0.516. The van der Waals surface area contributed by atoms with Crippen LogP contribution in [0.15, 0.2) is 59.0 Å². The highest BCUT2D eigenvalue weighted by Gasteiger charge is 2.35. The lowest BCUT2D eigenvalue weighted by Gasteiger charge is -2.24. The molecule has 9 nitrogen and oxygen atoms in total. The molecule has 2 atom stereocenters. The van der Waals surface area contributed by atoms with Gasteiger partial charge in [-0.3, -0.25) is 14.9 Å². The molecule has 0 bridgehead atoms. The van der Waals surface area contributed by atoms with Crippen LogP contribution in [-0.4, -0.2) is 41.3 Å². The lowest BCUT2D eigenvalue weighted by atomic mass is 10.1. The highest BCUT2D eigenvalue weighted by Crippen LogP contribution is 2.33. The number of carbonyl (C=O) groups is 2. The third-order valence-electron chi connectivity index (χ3n) is 5.01. The normalized spacial score (nSPS) is 20.3. The molecule has 1 fully saturated rings. The van der Waals surface area contributed by atoms with Crippen LogP contribution in [0.25, 0.3) is 0 Å². The van der Waals surface area contributed by atoms with Crippen molar-refractivity contribution in [3.05, 3.63) is 60.5 Å². The number of fused-ring (bicyclic) bond motifs is 1. The molecule has 2 aliphatic heterocycles. The molecule has 0 radical (unpaired) electrons. The molecule has 2 amide bonds. The number of anilines is 2. The molecule has 0 saturated carbocycles. The van der Waals surface area contributed by atoms with E-state index >= 15 is 0 Å². The Morgan fingerprint density at radius 3 is 2.63 bits per heavy atom. The summed E-state index contributed by atoms with van der Waals surface area (Å²) in [7, 11) is 0. The van der Waals surface area contributed by atoms with Crippen molar-refractivity contribution < 1.29 is 23.5 Å². The molecule has 2 aliphatic rings. The van der Waals surface area contributed by atoms with Crippen molar-refractivity contribution >= 4 is 23.5 Å². The van der Waals surface area contributed by atoms with Crippen molar-refractivity contribution in [1.82, 2.24) is 10.2 Å². The highest BCUT2D eigenvalue weighted by atomic mass is 16.6. The van der Waals surface area contributed by atoms with Gasteiger partial charge in [0, 0.05) is 18.7 Å². The van der Waals surface area contributed by atoms with Crippen LogP contribution in [0.3, 0.4) is 0 Å². The maximum absolute atomic E-state index is 12.5. The van der Waals surface area contributed by atoms with Crippen LogP contribution in [0, 0.1) is 0 Å². The quantitative estimate of drug-likeness (QED) is 0.709. The van der Waals surface area contributed by atoms with Gasteiger partial charge in [0.25, 0.3) is 5.91 Å². The molecule has 1 saturated heterocycles. The van der Waals surface area contributed by atoms with Crippen molar-refractivity contribution in [2.75, 3.05) is 23.4 Å². The first-order valence-electron chi connectivity index (χ1n) is 9.55. The summed E-state index contributed by atoms with van der Waals surface area (Å²) in [5.41, 5.74) is 0.827. The second-order valence-corrected chi connectivity index (χ2v) is 7.04. The number of rotatable bonds is 4. The molecular weight excluding hydrogens is 388 g/mol.